The number of halogens is 1. The Balaban J connectivity index is 1.57. The first-order valence-corrected chi connectivity index (χ1v) is 7.57. The molecule has 0 aromatic heterocycles. The summed E-state index contributed by atoms with van der Waals surface area (Å²) in [5, 5.41) is 6.34. The standard InChI is InChI=1S/C15H21FN2OS/c16-13-8-3-4-9-14(13)18-15(20)17-10-5-11-19-12-6-1-2-7-12/h3-4,8-9,12H,1-2,5-7,10-11H2,(H2,17,18,20). The molecule has 20 heavy (non-hydrogen) atoms. The molecule has 1 aromatic rings. The van der Waals surface area contributed by atoms with Crippen LogP contribution in [0.1, 0.15) is 32.1 Å². The monoisotopic (exact) mass is 296 g/mol. The second kappa shape index (κ2) is 8.17. The predicted octanol–water partition coefficient (Wildman–Crippen LogP) is 3.46. The first kappa shape index (κ1) is 15.2. The van der Waals surface area contributed by atoms with Crippen molar-refractivity contribution in [3.8, 4) is 0 Å². The van der Waals surface area contributed by atoms with E-state index in [1.165, 1.54) is 31.7 Å². The maximum absolute atomic E-state index is 13.4. The van der Waals surface area contributed by atoms with Crippen molar-refractivity contribution >= 4 is 23.0 Å². The summed E-state index contributed by atoms with van der Waals surface area (Å²) in [6.45, 7) is 1.48. The van der Waals surface area contributed by atoms with Gasteiger partial charge in [0.15, 0.2) is 5.11 Å². The molecule has 2 rings (SSSR count). The zero-order valence-electron chi connectivity index (χ0n) is 11.5. The second-order valence-corrected chi connectivity index (χ2v) is 5.40. The average Bonchev–Trinajstić information content (AvgIpc) is 2.94. The quantitative estimate of drug-likeness (QED) is 0.622. The van der Waals surface area contributed by atoms with E-state index in [9.17, 15) is 4.39 Å². The molecule has 1 saturated carbocycles. The summed E-state index contributed by atoms with van der Waals surface area (Å²) in [6, 6.07) is 6.48. The third-order valence-electron chi connectivity index (χ3n) is 3.38. The fraction of sp³-hybridized carbons (Fsp3) is 0.533. The fourth-order valence-corrected chi connectivity index (χ4v) is 2.52. The van der Waals surface area contributed by atoms with E-state index in [2.05, 4.69) is 10.6 Å². The summed E-state index contributed by atoms with van der Waals surface area (Å²) in [5.74, 6) is -0.304. The molecule has 0 spiro atoms. The van der Waals surface area contributed by atoms with Crippen LogP contribution in [-0.2, 0) is 4.74 Å². The topological polar surface area (TPSA) is 33.3 Å². The summed E-state index contributed by atoms with van der Waals surface area (Å²) in [6.07, 6.45) is 6.33. The molecule has 1 aliphatic rings. The SMILES string of the molecule is Fc1ccccc1NC(=S)NCCCOC1CCCC1. The molecule has 2 N–H and O–H groups in total. The van der Waals surface area contributed by atoms with E-state index in [4.69, 9.17) is 17.0 Å². The van der Waals surface area contributed by atoms with Gasteiger partial charge in [-0.2, -0.15) is 0 Å². The molecular formula is C15H21FN2OS. The molecule has 3 nitrogen and oxygen atoms in total. The molecule has 1 fully saturated rings. The van der Waals surface area contributed by atoms with E-state index < -0.39 is 0 Å². The molecule has 110 valence electrons. The zero-order chi connectivity index (χ0) is 14.2. The lowest BCUT2D eigenvalue weighted by atomic mass is 10.3. The Kier molecular flexibility index (Phi) is 6.21. The lowest BCUT2D eigenvalue weighted by molar-refractivity contribution is 0.0574. The number of hydrogen-bond donors (Lipinski definition) is 2. The molecule has 0 unspecified atom stereocenters. The predicted molar refractivity (Wildman–Crippen MR) is 83.4 cm³/mol. The number of thiocarbonyl (C=S) groups is 1. The second-order valence-electron chi connectivity index (χ2n) is 4.99. The van der Waals surface area contributed by atoms with Gasteiger partial charge < -0.3 is 15.4 Å². The average molecular weight is 296 g/mol. The summed E-state index contributed by atoms with van der Waals surface area (Å²) in [5.41, 5.74) is 0.396. The third-order valence-corrected chi connectivity index (χ3v) is 3.63. The maximum atomic E-state index is 13.4. The molecule has 1 aliphatic carbocycles. The van der Waals surface area contributed by atoms with Crippen LogP contribution >= 0.6 is 12.2 Å². The van der Waals surface area contributed by atoms with Crippen molar-refractivity contribution in [2.75, 3.05) is 18.5 Å². The van der Waals surface area contributed by atoms with Gasteiger partial charge in [-0.1, -0.05) is 25.0 Å². The Hall–Kier alpha value is -1.20. The Labute approximate surface area is 124 Å². The highest BCUT2D eigenvalue weighted by Crippen LogP contribution is 2.20. The summed E-state index contributed by atoms with van der Waals surface area (Å²) >= 11 is 5.12. The van der Waals surface area contributed by atoms with E-state index in [1.54, 1.807) is 18.2 Å². The Morgan fingerprint density at radius 1 is 1.30 bits per heavy atom. The van der Waals surface area contributed by atoms with Crippen LogP contribution < -0.4 is 10.6 Å². The highest BCUT2D eigenvalue weighted by molar-refractivity contribution is 7.80. The van der Waals surface area contributed by atoms with E-state index in [0.29, 0.717) is 16.9 Å². The van der Waals surface area contributed by atoms with E-state index in [0.717, 1.165) is 19.6 Å². The number of anilines is 1. The van der Waals surface area contributed by atoms with Gasteiger partial charge in [-0.25, -0.2) is 4.39 Å². The van der Waals surface area contributed by atoms with E-state index >= 15 is 0 Å². The number of para-hydroxylation sites is 1. The number of benzene rings is 1. The van der Waals surface area contributed by atoms with Crippen molar-refractivity contribution in [1.82, 2.24) is 5.32 Å². The van der Waals surface area contributed by atoms with Crippen LogP contribution in [0.5, 0.6) is 0 Å². The number of ether oxygens (including phenoxy) is 1. The number of rotatable bonds is 6. The van der Waals surface area contributed by atoms with Gasteiger partial charge in [0.2, 0.25) is 0 Å². The molecule has 0 amide bonds. The normalized spacial score (nSPS) is 15.2. The molecular weight excluding hydrogens is 275 g/mol. The Morgan fingerprint density at radius 2 is 2.05 bits per heavy atom. The van der Waals surface area contributed by atoms with Gasteiger partial charge in [-0.15, -0.1) is 0 Å². The largest absolute Gasteiger partial charge is 0.378 e. The first-order valence-electron chi connectivity index (χ1n) is 7.16. The summed E-state index contributed by atoms with van der Waals surface area (Å²) in [4.78, 5) is 0. The van der Waals surface area contributed by atoms with Crippen LogP contribution in [-0.4, -0.2) is 24.4 Å². The minimum absolute atomic E-state index is 0.304. The minimum Gasteiger partial charge on any atom is -0.378 e. The van der Waals surface area contributed by atoms with Crippen molar-refractivity contribution in [2.45, 2.75) is 38.2 Å². The first-order chi connectivity index (χ1) is 9.75. The summed E-state index contributed by atoms with van der Waals surface area (Å²) < 4.78 is 19.2. The highest BCUT2D eigenvalue weighted by Gasteiger charge is 2.14. The lowest BCUT2D eigenvalue weighted by Crippen LogP contribution is -2.30. The van der Waals surface area contributed by atoms with Crippen molar-refractivity contribution in [3.63, 3.8) is 0 Å². The van der Waals surface area contributed by atoms with Crippen molar-refractivity contribution in [2.24, 2.45) is 0 Å². The molecule has 5 heteroatoms. The van der Waals surface area contributed by atoms with Gasteiger partial charge in [0.1, 0.15) is 5.82 Å². The number of hydrogen-bond acceptors (Lipinski definition) is 2. The molecule has 0 heterocycles. The molecule has 0 bridgehead atoms. The van der Waals surface area contributed by atoms with Gasteiger partial charge in [0, 0.05) is 13.2 Å². The zero-order valence-corrected chi connectivity index (χ0v) is 12.3. The molecule has 0 saturated heterocycles. The van der Waals surface area contributed by atoms with Crippen LogP contribution in [0, 0.1) is 5.82 Å². The number of nitrogens with one attached hydrogen (secondary N) is 2. The molecule has 1 aromatic carbocycles. The van der Waals surface area contributed by atoms with Gasteiger partial charge >= 0.3 is 0 Å². The van der Waals surface area contributed by atoms with E-state index in [1.807, 2.05) is 0 Å². The fourth-order valence-electron chi connectivity index (χ4n) is 2.31. The van der Waals surface area contributed by atoms with Gasteiger partial charge in [0.25, 0.3) is 0 Å². The van der Waals surface area contributed by atoms with Gasteiger partial charge in [-0.3, -0.25) is 0 Å². The van der Waals surface area contributed by atoms with Gasteiger partial charge in [-0.05, 0) is 43.6 Å². The van der Waals surface area contributed by atoms with Crippen LogP contribution in [0.15, 0.2) is 24.3 Å². The molecule has 0 aliphatic heterocycles. The Morgan fingerprint density at radius 3 is 2.80 bits per heavy atom. The minimum atomic E-state index is -0.304. The third kappa shape index (κ3) is 5.06. The van der Waals surface area contributed by atoms with Crippen LogP contribution in [0.3, 0.4) is 0 Å². The maximum Gasteiger partial charge on any atom is 0.170 e. The highest BCUT2D eigenvalue weighted by atomic mass is 32.1. The van der Waals surface area contributed by atoms with Crippen molar-refractivity contribution in [1.29, 1.82) is 0 Å². The molecule has 0 radical (unpaired) electrons. The smallest absolute Gasteiger partial charge is 0.170 e. The Bertz CT molecular complexity index is 436. The van der Waals surface area contributed by atoms with Crippen LogP contribution in [0.4, 0.5) is 10.1 Å². The molecule has 0 atom stereocenters. The van der Waals surface area contributed by atoms with Gasteiger partial charge in [0.05, 0.1) is 11.8 Å². The van der Waals surface area contributed by atoms with Crippen molar-refractivity contribution < 1.29 is 9.13 Å². The van der Waals surface area contributed by atoms with Crippen LogP contribution in [0.2, 0.25) is 0 Å². The van der Waals surface area contributed by atoms with Crippen LogP contribution in [0.25, 0.3) is 0 Å². The summed E-state index contributed by atoms with van der Waals surface area (Å²) in [7, 11) is 0. The lowest BCUT2D eigenvalue weighted by Gasteiger charge is -2.13. The van der Waals surface area contributed by atoms with E-state index in [-0.39, 0.29) is 5.82 Å². The van der Waals surface area contributed by atoms with Crippen molar-refractivity contribution in [3.05, 3.63) is 30.1 Å².